The summed E-state index contributed by atoms with van der Waals surface area (Å²) in [4.78, 5) is 24.1. The average molecular weight is 449 g/mol. The quantitative estimate of drug-likeness (QED) is 0.263. The molecule has 162 valence electrons. The number of benzene rings is 3. The number of hydrogen-bond donors (Lipinski definition) is 1. The lowest BCUT2D eigenvalue weighted by Gasteiger charge is -2.10. The molecule has 0 saturated carbocycles. The molecule has 8 heteroatoms. The van der Waals surface area contributed by atoms with Crippen LogP contribution in [0.15, 0.2) is 87.4 Å². The Morgan fingerprint density at radius 3 is 2.56 bits per heavy atom. The Morgan fingerprint density at radius 2 is 1.75 bits per heavy atom. The maximum atomic E-state index is 12.1. The van der Waals surface area contributed by atoms with Gasteiger partial charge in [0.2, 0.25) is 10.0 Å². The number of esters is 1. The zero-order valence-corrected chi connectivity index (χ0v) is 17.7. The van der Waals surface area contributed by atoms with E-state index in [1.165, 1.54) is 12.1 Å². The van der Waals surface area contributed by atoms with Gasteiger partial charge in [-0.3, -0.25) is 4.79 Å². The van der Waals surface area contributed by atoms with E-state index >= 15 is 0 Å². The summed E-state index contributed by atoms with van der Waals surface area (Å²) in [7, 11) is -3.82. The van der Waals surface area contributed by atoms with Gasteiger partial charge in [0.15, 0.2) is 0 Å². The van der Waals surface area contributed by atoms with Crippen LogP contribution in [0.1, 0.15) is 11.1 Å². The molecule has 4 aromatic rings. The van der Waals surface area contributed by atoms with Gasteiger partial charge in [0.05, 0.1) is 0 Å². The van der Waals surface area contributed by atoms with E-state index in [9.17, 15) is 18.0 Å². The third kappa shape index (κ3) is 5.11. The highest BCUT2D eigenvalue weighted by Gasteiger charge is 2.13. The SMILES string of the molecule is O=C(CNS(=O)(=O)/C=C/c1ccccc1)OCc1cc(=O)oc2ccc3ccccc3c12. The lowest BCUT2D eigenvalue weighted by molar-refractivity contribution is -0.143. The second kappa shape index (κ2) is 9.17. The molecule has 0 spiro atoms. The molecular weight excluding hydrogens is 430 g/mol. The van der Waals surface area contributed by atoms with Crippen molar-refractivity contribution in [1.82, 2.24) is 4.72 Å². The fraction of sp³-hybridized carbons (Fsp3) is 0.0833. The smallest absolute Gasteiger partial charge is 0.336 e. The van der Waals surface area contributed by atoms with E-state index in [1.54, 1.807) is 30.3 Å². The largest absolute Gasteiger partial charge is 0.460 e. The second-order valence-corrected chi connectivity index (χ2v) is 8.64. The Bertz CT molecular complexity index is 1470. The molecule has 0 saturated heterocycles. The monoisotopic (exact) mass is 449 g/mol. The predicted octanol–water partition coefficient (Wildman–Crippen LogP) is 3.58. The minimum atomic E-state index is -3.82. The summed E-state index contributed by atoms with van der Waals surface area (Å²) in [5.41, 5.74) is 1.01. The normalized spacial score (nSPS) is 11.9. The second-order valence-electron chi connectivity index (χ2n) is 6.99. The molecule has 1 heterocycles. The molecule has 0 bridgehead atoms. The Labute approximate surface area is 184 Å². The van der Waals surface area contributed by atoms with Crippen LogP contribution >= 0.6 is 0 Å². The number of sulfonamides is 1. The average Bonchev–Trinajstić information content (AvgIpc) is 2.80. The first-order chi connectivity index (χ1) is 15.4. The Kier molecular flexibility index (Phi) is 6.16. The van der Waals surface area contributed by atoms with Crippen LogP contribution in [0.25, 0.3) is 27.8 Å². The van der Waals surface area contributed by atoms with E-state index in [0.29, 0.717) is 22.1 Å². The molecule has 0 radical (unpaired) electrons. The van der Waals surface area contributed by atoms with Crippen molar-refractivity contribution in [1.29, 1.82) is 0 Å². The fourth-order valence-corrected chi connectivity index (χ4v) is 4.03. The highest BCUT2D eigenvalue weighted by molar-refractivity contribution is 7.92. The van der Waals surface area contributed by atoms with Gasteiger partial charge in [-0.15, -0.1) is 0 Å². The van der Waals surface area contributed by atoms with Crippen LogP contribution in [0.3, 0.4) is 0 Å². The molecule has 0 amide bonds. The molecule has 0 fully saturated rings. The molecular formula is C24H19NO6S. The van der Waals surface area contributed by atoms with Crippen molar-refractivity contribution in [3.63, 3.8) is 0 Å². The number of nitrogens with one attached hydrogen (secondary N) is 1. The summed E-state index contributed by atoms with van der Waals surface area (Å²) in [5.74, 6) is -0.775. The molecule has 1 aromatic heterocycles. The standard InChI is InChI=1S/C24H19NO6S/c26-22-14-19(24-20-9-5-4-8-18(20)10-11-21(24)31-22)16-30-23(27)15-25-32(28,29)13-12-17-6-2-1-3-7-17/h1-14,25H,15-16H2/b13-12+. The van der Waals surface area contributed by atoms with E-state index in [2.05, 4.69) is 4.72 Å². The Balaban J connectivity index is 1.46. The number of fused-ring (bicyclic) bond motifs is 3. The molecule has 3 aromatic carbocycles. The fourth-order valence-electron chi connectivity index (χ4n) is 3.28. The van der Waals surface area contributed by atoms with Crippen LogP contribution < -0.4 is 10.3 Å². The zero-order chi connectivity index (χ0) is 22.6. The highest BCUT2D eigenvalue weighted by atomic mass is 32.2. The van der Waals surface area contributed by atoms with Crippen molar-refractivity contribution >= 4 is 43.8 Å². The minimum absolute atomic E-state index is 0.198. The van der Waals surface area contributed by atoms with Crippen LogP contribution in [0.2, 0.25) is 0 Å². The van der Waals surface area contributed by atoms with Gasteiger partial charge in [0.1, 0.15) is 18.7 Å². The Hall–Kier alpha value is -3.75. The lowest BCUT2D eigenvalue weighted by Crippen LogP contribution is -2.29. The first kappa shape index (κ1) is 21.5. The first-order valence-corrected chi connectivity index (χ1v) is 11.3. The zero-order valence-electron chi connectivity index (χ0n) is 16.9. The van der Waals surface area contributed by atoms with Gasteiger partial charge < -0.3 is 9.15 Å². The van der Waals surface area contributed by atoms with Gasteiger partial charge >= 0.3 is 11.6 Å². The summed E-state index contributed by atoms with van der Waals surface area (Å²) in [6.07, 6.45) is 1.42. The van der Waals surface area contributed by atoms with Crippen molar-refractivity contribution in [2.45, 2.75) is 6.61 Å². The van der Waals surface area contributed by atoms with Gasteiger partial charge in [-0.05, 0) is 28.5 Å². The van der Waals surface area contributed by atoms with Crippen molar-refractivity contribution < 1.29 is 22.4 Å². The van der Waals surface area contributed by atoms with Gasteiger partial charge in [-0.2, -0.15) is 0 Å². The number of carbonyl (C=O) groups is 1. The molecule has 0 aliphatic carbocycles. The highest BCUT2D eigenvalue weighted by Crippen LogP contribution is 2.27. The number of ether oxygens (including phenoxy) is 1. The van der Waals surface area contributed by atoms with Crippen LogP contribution in [-0.2, 0) is 26.2 Å². The molecule has 0 aliphatic rings. The first-order valence-electron chi connectivity index (χ1n) is 9.74. The van der Waals surface area contributed by atoms with E-state index < -0.39 is 28.2 Å². The van der Waals surface area contributed by atoms with Crippen LogP contribution in [0.5, 0.6) is 0 Å². The van der Waals surface area contributed by atoms with E-state index in [1.807, 2.05) is 36.4 Å². The number of rotatable bonds is 7. The van der Waals surface area contributed by atoms with Gasteiger partial charge in [0.25, 0.3) is 0 Å². The van der Waals surface area contributed by atoms with Crippen LogP contribution in [0.4, 0.5) is 0 Å². The lowest BCUT2D eigenvalue weighted by atomic mass is 10.0. The van der Waals surface area contributed by atoms with Crippen molar-refractivity contribution in [3.8, 4) is 0 Å². The maximum Gasteiger partial charge on any atom is 0.336 e. The van der Waals surface area contributed by atoms with Crippen molar-refractivity contribution in [3.05, 3.63) is 99.8 Å². The van der Waals surface area contributed by atoms with Gasteiger partial charge in [-0.25, -0.2) is 17.9 Å². The predicted molar refractivity (Wildman–Crippen MR) is 122 cm³/mol. The molecule has 32 heavy (non-hydrogen) atoms. The third-order valence-electron chi connectivity index (χ3n) is 4.76. The maximum absolute atomic E-state index is 12.1. The van der Waals surface area contributed by atoms with Crippen molar-refractivity contribution in [2.24, 2.45) is 0 Å². The van der Waals surface area contributed by atoms with Crippen molar-refractivity contribution in [2.75, 3.05) is 6.54 Å². The molecule has 0 unspecified atom stereocenters. The summed E-state index contributed by atoms with van der Waals surface area (Å²) in [6.45, 7) is -0.738. The summed E-state index contributed by atoms with van der Waals surface area (Å²) in [5, 5.41) is 3.45. The van der Waals surface area contributed by atoms with E-state index in [0.717, 1.165) is 16.2 Å². The summed E-state index contributed by atoms with van der Waals surface area (Å²) in [6, 6.07) is 21.3. The molecule has 0 aliphatic heterocycles. The number of carbonyl (C=O) groups excluding carboxylic acids is 1. The summed E-state index contributed by atoms with van der Waals surface area (Å²) < 4.78 is 36.9. The molecule has 1 N–H and O–H groups in total. The third-order valence-corrected chi connectivity index (χ3v) is 5.80. The minimum Gasteiger partial charge on any atom is -0.460 e. The molecule has 4 rings (SSSR count). The van der Waals surface area contributed by atoms with Crippen LogP contribution in [0, 0.1) is 0 Å². The van der Waals surface area contributed by atoms with Gasteiger partial charge in [-0.1, -0.05) is 60.7 Å². The van der Waals surface area contributed by atoms with Crippen LogP contribution in [-0.4, -0.2) is 20.9 Å². The molecule has 7 nitrogen and oxygen atoms in total. The number of hydrogen-bond acceptors (Lipinski definition) is 6. The summed E-state index contributed by atoms with van der Waals surface area (Å²) >= 11 is 0. The molecule has 0 atom stereocenters. The van der Waals surface area contributed by atoms with E-state index in [-0.39, 0.29) is 6.61 Å². The Morgan fingerprint density at radius 1 is 1.00 bits per heavy atom. The van der Waals surface area contributed by atoms with E-state index in [4.69, 9.17) is 9.15 Å². The topological polar surface area (TPSA) is 103 Å². The van der Waals surface area contributed by atoms with Gasteiger partial charge in [0, 0.05) is 22.4 Å².